The maximum absolute atomic E-state index is 13.7. The van der Waals surface area contributed by atoms with Crippen LogP contribution < -0.4 is 9.42 Å². The smallest absolute Gasteiger partial charge is 0.350 e. The highest BCUT2D eigenvalue weighted by Crippen LogP contribution is 2.29. The van der Waals surface area contributed by atoms with Gasteiger partial charge in [-0.05, 0) is 35.4 Å². The number of fused-ring (bicyclic) bond motifs is 2. The minimum Gasteiger partial charge on any atom is -0.423 e. The summed E-state index contributed by atoms with van der Waals surface area (Å²) in [6.45, 7) is 0. The number of carbonyl (C=O) groups is 3. The Bertz CT molecular complexity index is 1890. The van der Waals surface area contributed by atoms with E-state index in [4.69, 9.17) is 4.74 Å². The van der Waals surface area contributed by atoms with Crippen molar-refractivity contribution in [3.63, 3.8) is 0 Å². The van der Waals surface area contributed by atoms with E-state index in [0.29, 0.717) is 11.0 Å². The molecule has 1 aromatic heterocycles. The number of rotatable bonds is 5. The minimum absolute atomic E-state index is 0.0385. The number of H-pyrrole nitrogens is 1. The number of nitrogens with one attached hydrogen (secondary N) is 1. The first-order valence-corrected chi connectivity index (χ1v) is 12.0. The van der Waals surface area contributed by atoms with Crippen molar-refractivity contribution in [2.45, 2.75) is 0 Å². The van der Waals surface area contributed by atoms with Crippen LogP contribution in [0.1, 0.15) is 31.1 Å². The van der Waals surface area contributed by atoms with Gasteiger partial charge < -0.3 is 14.3 Å². The summed E-state index contributed by atoms with van der Waals surface area (Å²) >= 11 is 0. The number of Topliss-reactive ketones (excluding diaryl/α,β-unsaturated/α-hetero) is 2. The van der Waals surface area contributed by atoms with Gasteiger partial charge in [0.15, 0.2) is 11.3 Å². The van der Waals surface area contributed by atoms with Crippen molar-refractivity contribution in [2.24, 2.45) is 4.99 Å². The molecule has 6 rings (SSSR count). The van der Waals surface area contributed by atoms with Gasteiger partial charge in [-0.3, -0.25) is 15.1 Å². The summed E-state index contributed by atoms with van der Waals surface area (Å²) in [5.74, 6) is -1.80. The summed E-state index contributed by atoms with van der Waals surface area (Å²) in [7, 11) is 0. The van der Waals surface area contributed by atoms with Gasteiger partial charge in [0.1, 0.15) is 28.7 Å². The molecule has 0 bridgehead atoms. The molecule has 11 heteroatoms. The molecule has 0 fully saturated rings. The zero-order valence-corrected chi connectivity index (χ0v) is 20.5. The van der Waals surface area contributed by atoms with Crippen LogP contribution >= 0.6 is 0 Å². The van der Waals surface area contributed by atoms with Crippen molar-refractivity contribution in [3.05, 3.63) is 130 Å². The molecule has 0 spiro atoms. The first-order valence-electron chi connectivity index (χ1n) is 12.0. The highest BCUT2D eigenvalue weighted by molar-refractivity contribution is 6.58. The SMILES string of the molecule is O=C1C(=Nc2cccc(OC(=O)c3ccccc3[N+](=O)[O-])c2)[C-]([n+]2n[nH]c3ccccc32)C(=O)c2ccccc21. The zero-order valence-electron chi connectivity index (χ0n) is 20.5. The molecule has 5 aromatic rings. The molecule has 0 unspecified atom stereocenters. The molecule has 1 aliphatic rings. The van der Waals surface area contributed by atoms with Gasteiger partial charge in [0.25, 0.3) is 5.69 Å². The molecule has 1 heterocycles. The lowest BCUT2D eigenvalue weighted by Crippen LogP contribution is -2.55. The number of nitro benzene ring substituents is 1. The monoisotopic (exact) mass is 531 g/mol. The number of ketones is 2. The van der Waals surface area contributed by atoms with Crippen molar-refractivity contribution in [1.82, 2.24) is 10.3 Å². The van der Waals surface area contributed by atoms with Crippen LogP contribution in [0.15, 0.2) is 102 Å². The number of ether oxygens (including phenoxy) is 1. The molecule has 0 saturated heterocycles. The van der Waals surface area contributed by atoms with Crippen LogP contribution in [0.25, 0.3) is 11.0 Å². The van der Waals surface area contributed by atoms with Crippen LogP contribution in [-0.4, -0.2) is 38.5 Å². The molecule has 11 nitrogen and oxygen atoms in total. The summed E-state index contributed by atoms with van der Waals surface area (Å²) < 4.78 is 6.74. The highest BCUT2D eigenvalue weighted by atomic mass is 16.6. The van der Waals surface area contributed by atoms with Crippen molar-refractivity contribution in [1.29, 1.82) is 0 Å². The second-order valence-corrected chi connectivity index (χ2v) is 8.71. The number of esters is 1. The number of aromatic amines is 1. The highest BCUT2D eigenvalue weighted by Gasteiger charge is 2.37. The van der Waals surface area contributed by atoms with E-state index >= 15 is 0 Å². The number of hydrogen-bond acceptors (Lipinski definition) is 8. The maximum Gasteiger partial charge on any atom is 0.350 e. The lowest BCUT2D eigenvalue weighted by Gasteiger charge is -2.27. The summed E-state index contributed by atoms with van der Waals surface area (Å²) in [5, 5.41) is 18.4. The largest absolute Gasteiger partial charge is 0.423 e. The zero-order chi connectivity index (χ0) is 27.8. The molecule has 194 valence electrons. The second kappa shape index (κ2) is 9.72. The fourth-order valence-electron chi connectivity index (χ4n) is 4.44. The molecule has 1 N–H and O–H groups in total. The third kappa shape index (κ3) is 4.17. The Balaban J connectivity index is 1.42. The first kappa shape index (κ1) is 24.4. The second-order valence-electron chi connectivity index (χ2n) is 8.71. The predicted octanol–water partition coefficient (Wildman–Crippen LogP) is 4.21. The number of nitro groups is 1. The Labute approximate surface area is 225 Å². The number of carbonyl (C=O) groups excluding carboxylic acids is 3. The molecular formula is C29H17N5O6. The molecule has 0 saturated carbocycles. The summed E-state index contributed by atoms with van der Waals surface area (Å²) in [6.07, 6.45) is 0. The van der Waals surface area contributed by atoms with Gasteiger partial charge in [-0.1, -0.05) is 60.7 Å². The van der Waals surface area contributed by atoms with Gasteiger partial charge in [-0.15, -0.1) is 0 Å². The van der Waals surface area contributed by atoms with Gasteiger partial charge in [-0.2, -0.15) is 9.78 Å². The normalized spacial score (nSPS) is 13.9. The number of hydrogen-bond donors (Lipinski definition) is 1. The number of para-hydroxylation sites is 3. The molecule has 40 heavy (non-hydrogen) atoms. The standard InChI is InChI=1S/C29H17N5O6/c35-27-19-10-1-2-11-20(19)28(36)26(33-24-15-6-4-13-22(24)31-32-33)25(27)30-17-8-7-9-18(16-17)40-29(37)21-12-3-5-14-23(21)34(38)39/h1-16,31H. The van der Waals surface area contributed by atoms with E-state index in [1.165, 1.54) is 41.1 Å². The Hall–Kier alpha value is -5.97. The van der Waals surface area contributed by atoms with E-state index < -0.39 is 28.1 Å². The topological polar surface area (TPSA) is 148 Å². The quantitative estimate of drug-likeness (QED) is 0.0892. The van der Waals surface area contributed by atoms with Crippen molar-refractivity contribution in [3.8, 4) is 5.75 Å². The fraction of sp³-hybridized carbons (Fsp3) is 0. The minimum atomic E-state index is -0.930. The molecule has 0 atom stereocenters. The molecule has 0 aliphatic heterocycles. The average molecular weight is 531 g/mol. The number of aliphatic imine (C=N–C) groups is 1. The van der Waals surface area contributed by atoms with E-state index in [0.717, 1.165) is 0 Å². The summed E-state index contributed by atoms with van der Waals surface area (Å²) in [5.41, 5.74) is 1.11. The lowest BCUT2D eigenvalue weighted by molar-refractivity contribution is -0.674. The van der Waals surface area contributed by atoms with Crippen molar-refractivity contribution < 1.29 is 28.7 Å². The van der Waals surface area contributed by atoms with E-state index in [2.05, 4.69) is 15.3 Å². The lowest BCUT2D eigenvalue weighted by atomic mass is 9.84. The number of benzene rings is 4. The van der Waals surface area contributed by atoms with Crippen LogP contribution in [0.3, 0.4) is 0 Å². The van der Waals surface area contributed by atoms with E-state index in [1.807, 2.05) is 6.07 Å². The molecule has 0 amide bonds. The Morgan fingerprint density at radius 2 is 1.65 bits per heavy atom. The van der Waals surface area contributed by atoms with Crippen LogP contribution in [0.5, 0.6) is 5.75 Å². The van der Waals surface area contributed by atoms with Crippen LogP contribution in [0.4, 0.5) is 11.4 Å². The summed E-state index contributed by atoms with van der Waals surface area (Å²) in [4.78, 5) is 55.2. The average Bonchev–Trinajstić information content (AvgIpc) is 3.40. The van der Waals surface area contributed by atoms with Gasteiger partial charge in [0, 0.05) is 12.1 Å². The third-order valence-electron chi connectivity index (χ3n) is 6.27. The van der Waals surface area contributed by atoms with Crippen LogP contribution in [0.2, 0.25) is 0 Å². The van der Waals surface area contributed by atoms with Gasteiger partial charge >= 0.3 is 5.97 Å². The number of aromatic nitrogens is 3. The van der Waals surface area contributed by atoms with E-state index in [9.17, 15) is 24.5 Å². The fourth-order valence-corrected chi connectivity index (χ4v) is 4.44. The first-order chi connectivity index (χ1) is 19.4. The third-order valence-corrected chi connectivity index (χ3v) is 6.27. The Morgan fingerprint density at radius 3 is 2.48 bits per heavy atom. The Morgan fingerprint density at radius 1 is 0.925 bits per heavy atom. The predicted molar refractivity (Wildman–Crippen MR) is 142 cm³/mol. The van der Waals surface area contributed by atoms with Crippen LogP contribution in [0, 0.1) is 16.2 Å². The Kier molecular flexibility index (Phi) is 5.93. The molecule has 0 radical (unpaired) electrons. The van der Waals surface area contributed by atoms with Crippen molar-refractivity contribution >= 4 is 45.7 Å². The van der Waals surface area contributed by atoms with Crippen molar-refractivity contribution in [2.75, 3.05) is 0 Å². The van der Waals surface area contributed by atoms with E-state index in [-0.39, 0.29) is 39.9 Å². The van der Waals surface area contributed by atoms with Gasteiger partial charge in [0.05, 0.1) is 21.5 Å². The van der Waals surface area contributed by atoms with Gasteiger partial charge in [0.2, 0.25) is 0 Å². The van der Waals surface area contributed by atoms with Gasteiger partial charge in [-0.25, -0.2) is 4.79 Å². The molecule has 4 aromatic carbocycles. The maximum atomic E-state index is 13.7. The molecule has 1 aliphatic carbocycles. The van der Waals surface area contributed by atoms with Crippen LogP contribution in [-0.2, 0) is 0 Å². The summed E-state index contributed by atoms with van der Waals surface area (Å²) in [6, 6.07) is 25.0. The van der Waals surface area contributed by atoms with E-state index in [1.54, 1.807) is 54.6 Å². The number of nitrogens with zero attached hydrogens (tertiary/aromatic N) is 4. The molecular weight excluding hydrogens is 514 g/mol.